The molecule has 8 aromatic carbocycles. The zero-order valence-corrected chi connectivity index (χ0v) is 33.4. The van der Waals surface area contributed by atoms with Gasteiger partial charge in [-0.05, 0) is 86.6 Å². The van der Waals surface area contributed by atoms with E-state index in [0.29, 0.717) is 0 Å². The van der Waals surface area contributed by atoms with E-state index < -0.39 is 8.07 Å². The van der Waals surface area contributed by atoms with E-state index in [4.69, 9.17) is 9.97 Å². The van der Waals surface area contributed by atoms with Gasteiger partial charge in [0.25, 0.3) is 0 Å². The Balaban J connectivity index is 1.12. The number of rotatable bonds is 6. The maximum absolute atomic E-state index is 5.54. The first-order valence-electron chi connectivity index (χ1n) is 20.0. The van der Waals surface area contributed by atoms with E-state index in [1.165, 1.54) is 71.3 Å². The first-order valence-corrected chi connectivity index (χ1v) is 23.0. The lowest BCUT2D eigenvalue weighted by molar-refractivity contribution is 1.18. The number of hydrogen-bond donors (Lipinski definition) is 0. The Labute approximate surface area is 339 Å². The van der Waals surface area contributed by atoms with Crippen LogP contribution in [0.3, 0.4) is 0 Å². The summed E-state index contributed by atoms with van der Waals surface area (Å²) in [7, 11) is -2.15. The Morgan fingerprint density at radius 3 is 1.74 bits per heavy atom. The van der Waals surface area contributed by atoms with Crippen LogP contribution in [0, 0.1) is 0 Å². The van der Waals surface area contributed by atoms with E-state index >= 15 is 0 Å². The van der Waals surface area contributed by atoms with Gasteiger partial charge in [-0.15, -0.1) is 0 Å². The third-order valence-electron chi connectivity index (χ3n) is 12.0. The maximum atomic E-state index is 5.54. The van der Waals surface area contributed by atoms with Crippen molar-refractivity contribution in [3.8, 4) is 72.8 Å². The minimum Gasteiger partial charge on any atom is -0.309 e. The molecule has 0 bridgehead atoms. The van der Waals surface area contributed by atoms with Crippen LogP contribution in [0.5, 0.6) is 0 Å². The largest absolute Gasteiger partial charge is 0.309 e. The van der Waals surface area contributed by atoms with Crippen molar-refractivity contribution in [3.63, 3.8) is 0 Å². The molecule has 0 amide bonds. The quantitative estimate of drug-likeness (QED) is 0.158. The van der Waals surface area contributed by atoms with Crippen LogP contribution in [0.25, 0.3) is 94.6 Å². The molecule has 1 aliphatic heterocycles. The summed E-state index contributed by atoms with van der Waals surface area (Å²) in [5.74, 6) is 0.763. The summed E-state index contributed by atoms with van der Waals surface area (Å²) >= 11 is 0. The van der Waals surface area contributed by atoms with Crippen molar-refractivity contribution in [3.05, 3.63) is 200 Å². The first-order chi connectivity index (χ1) is 28.5. The predicted molar refractivity (Wildman–Crippen MR) is 246 cm³/mol. The molecule has 0 fully saturated rings. The summed E-state index contributed by atoms with van der Waals surface area (Å²) in [5, 5.41) is 5.07. The molecule has 0 saturated carbocycles. The molecule has 10 aromatic rings. The summed E-state index contributed by atoms with van der Waals surface area (Å²) in [6, 6.07) is 72.2. The van der Waals surface area contributed by atoms with Gasteiger partial charge in [-0.25, -0.2) is 9.97 Å². The number of benzene rings is 8. The minimum atomic E-state index is -2.15. The fourth-order valence-electron chi connectivity index (χ4n) is 9.16. The molecule has 1 aliphatic rings. The Morgan fingerprint density at radius 1 is 0.414 bits per heavy atom. The van der Waals surface area contributed by atoms with Crippen LogP contribution in [0.1, 0.15) is 0 Å². The molecule has 0 aliphatic carbocycles. The van der Waals surface area contributed by atoms with E-state index in [-0.39, 0.29) is 0 Å². The highest BCUT2D eigenvalue weighted by atomic mass is 28.3. The SMILES string of the molecule is C[Si]1(C)c2ccccc2-c2c(-c3cccc(-c4ccccc4)c3)nc(-c3cccc(-c4cccc5c4c4cc(-c6ccccc6)ccc4n5-c4ccccc4)c3)nc21. The van der Waals surface area contributed by atoms with Gasteiger partial charge in [-0.3, -0.25) is 0 Å². The third kappa shape index (κ3) is 5.48. The molecule has 0 unspecified atom stereocenters. The molecular formula is C54H39N3Si. The number of nitrogens with zero attached hydrogens (tertiary/aromatic N) is 3. The molecule has 2 aromatic heterocycles. The van der Waals surface area contributed by atoms with Gasteiger partial charge in [0, 0.05) is 38.5 Å². The summed E-state index contributed by atoms with van der Waals surface area (Å²) in [6.45, 7) is 4.86. The van der Waals surface area contributed by atoms with Gasteiger partial charge in [0.05, 0.1) is 16.7 Å². The highest BCUT2D eigenvalue weighted by Crippen LogP contribution is 2.42. The number of fused-ring (bicyclic) bond motifs is 6. The number of hydrogen-bond acceptors (Lipinski definition) is 2. The monoisotopic (exact) mass is 757 g/mol. The molecule has 0 spiro atoms. The first kappa shape index (κ1) is 34.1. The van der Waals surface area contributed by atoms with Crippen LogP contribution < -0.4 is 10.5 Å². The van der Waals surface area contributed by atoms with Crippen molar-refractivity contribution in [1.29, 1.82) is 0 Å². The zero-order valence-electron chi connectivity index (χ0n) is 32.4. The Bertz CT molecular complexity index is 3180. The lowest BCUT2D eigenvalue weighted by atomic mass is 9.95. The predicted octanol–water partition coefficient (Wildman–Crippen LogP) is 12.7. The molecule has 0 N–H and O–H groups in total. The highest BCUT2D eigenvalue weighted by molar-refractivity contribution is 7.03. The van der Waals surface area contributed by atoms with Crippen LogP contribution in [0.4, 0.5) is 0 Å². The number of aromatic nitrogens is 3. The maximum Gasteiger partial charge on any atom is 0.159 e. The number of para-hydroxylation sites is 1. The van der Waals surface area contributed by atoms with Gasteiger partial charge in [-0.2, -0.15) is 0 Å². The topological polar surface area (TPSA) is 30.7 Å². The van der Waals surface area contributed by atoms with Crippen molar-refractivity contribution >= 4 is 40.4 Å². The highest BCUT2D eigenvalue weighted by Gasteiger charge is 2.41. The van der Waals surface area contributed by atoms with Crippen molar-refractivity contribution in [1.82, 2.24) is 14.5 Å². The molecule has 3 nitrogen and oxygen atoms in total. The molecule has 11 rings (SSSR count). The lowest BCUT2D eigenvalue weighted by Crippen LogP contribution is -2.50. The molecule has 0 saturated heterocycles. The smallest absolute Gasteiger partial charge is 0.159 e. The molecule has 4 heteroatoms. The van der Waals surface area contributed by atoms with Gasteiger partial charge in [-0.1, -0.05) is 171 Å². The zero-order chi connectivity index (χ0) is 38.8. The molecule has 0 radical (unpaired) electrons. The van der Waals surface area contributed by atoms with E-state index in [0.717, 1.165) is 33.9 Å². The van der Waals surface area contributed by atoms with Crippen LogP contribution in [-0.4, -0.2) is 22.6 Å². The van der Waals surface area contributed by atoms with Gasteiger partial charge in [0.15, 0.2) is 5.82 Å². The average Bonchev–Trinajstić information content (AvgIpc) is 3.75. The van der Waals surface area contributed by atoms with Gasteiger partial charge >= 0.3 is 0 Å². The van der Waals surface area contributed by atoms with Gasteiger partial charge < -0.3 is 4.57 Å². The summed E-state index contributed by atoms with van der Waals surface area (Å²) in [5.41, 5.74) is 16.2. The Kier molecular flexibility index (Phi) is 7.95. The van der Waals surface area contributed by atoms with E-state index in [1.54, 1.807) is 0 Å². The minimum absolute atomic E-state index is 0.763. The Hall–Kier alpha value is -7.14. The second-order valence-electron chi connectivity index (χ2n) is 15.8. The molecule has 0 atom stereocenters. The van der Waals surface area contributed by atoms with Crippen molar-refractivity contribution in [2.45, 2.75) is 13.1 Å². The van der Waals surface area contributed by atoms with Gasteiger partial charge in [0.1, 0.15) is 8.07 Å². The van der Waals surface area contributed by atoms with Crippen molar-refractivity contribution < 1.29 is 0 Å². The average molecular weight is 758 g/mol. The normalized spacial score (nSPS) is 12.8. The fourth-order valence-corrected chi connectivity index (χ4v) is 12.1. The van der Waals surface area contributed by atoms with E-state index in [2.05, 4.69) is 218 Å². The lowest BCUT2D eigenvalue weighted by Gasteiger charge is -2.19. The van der Waals surface area contributed by atoms with E-state index in [9.17, 15) is 0 Å². The van der Waals surface area contributed by atoms with E-state index in [1.807, 2.05) is 0 Å². The summed E-state index contributed by atoms with van der Waals surface area (Å²) in [4.78, 5) is 11.1. The molecular weight excluding hydrogens is 719 g/mol. The second kappa shape index (κ2) is 13.5. The van der Waals surface area contributed by atoms with Crippen LogP contribution >= 0.6 is 0 Å². The van der Waals surface area contributed by atoms with Gasteiger partial charge in [0.2, 0.25) is 0 Å². The summed E-state index contributed by atoms with van der Waals surface area (Å²) in [6.07, 6.45) is 0. The van der Waals surface area contributed by atoms with Crippen molar-refractivity contribution in [2.24, 2.45) is 0 Å². The van der Waals surface area contributed by atoms with Crippen LogP contribution in [0.15, 0.2) is 200 Å². The molecule has 274 valence electrons. The van der Waals surface area contributed by atoms with Crippen molar-refractivity contribution in [2.75, 3.05) is 0 Å². The molecule has 3 heterocycles. The van der Waals surface area contributed by atoms with Crippen LogP contribution in [-0.2, 0) is 0 Å². The molecule has 58 heavy (non-hydrogen) atoms. The fraction of sp³-hybridized carbons (Fsp3) is 0.0370. The Morgan fingerprint density at radius 2 is 0.983 bits per heavy atom. The van der Waals surface area contributed by atoms with Crippen LogP contribution in [0.2, 0.25) is 13.1 Å². The third-order valence-corrected chi connectivity index (χ3v) is 15.3. The second-order valence-corrected chi connectivity index (χ2v) is 20.0. The standard InChI is InChI=1S/C54H39N3Si/c1-58(2)49-30-13-12-27-45(49)51-52(41-23-14-21-38(33-41)36-17-6-3-7-18-36)55-53(56-54(51)58)42-24-15-22-40(34-42)44-28-16-29-48-50(44)46-35-39(37-19-8-4-9-20-37)31-32-47(46)57(48)43-25-10-5-11-26-43/h3-35H,1-2H3. The summed E-state index contributed by atoms with van der Waals surface area (Å²) < 4.78 is 2.40.